The molecule has 1 aromatic heterocycles. The van der Waals surface area contributed by atoms with Gasteiger partial charge in [-0.05, 0) is 30.3 Å². The molecule has 0 saturated carbocycles. The maximum Gasteiger partial charge on any atom is 0.318 e. The van der Waals surface area contributed by atoms with Gasteiger partial charge < -0.3 is 16.0 Å². The molecule has 108 valence electrons. The largest absolute Gasteiger partial charge is 0.341 e. The molecule has 0 unspecified atom stereocenters. The first-order chi connectivity index (χ1) is 10.1. The molecule has 0 atom stereocenters. The number of nitrogens with one attached hydrogen (secondary N) is 4. The van der Waals surface area contributed by atoms with Gasteiger partial charge in [-0.1, -0.05) is 0 Å². The van der Waals surface area contributed by atoms with Crippen LogP contribution >= 0.6 is 0 Å². The number of nitrogens with zero attached hydrogens (tertiary/aromatic N) is 1. The Balaban J connectivity index is 2.03. The minimum absolute atomic E-state index is 0.0992. The van der Waals surface area contributed by atoms with Crippen molar-refractivity contribution in [1.82, 2.24) is 15.5 Å². The highest BCUT2D eigenvalue weighted by Crippen LogP contribution is 2.14. The normalized spacial score (nSPS) is 9.76. The Labute approximate surface area is 119 Å². The van der Waals surface area contributed by atoms with Crippen LogP contribution in [0.2, 0.25) is 0 Å². The molecule has 0 aliphatic rings. The van der Waals surface area contributed by atoms with Crippen LogP contribution in [-0.2, 0) is 0 Å². The van der Waals surface area contributed by atoms with Crippen LogP contribution in [0.1, 0.15) is 10.5 Å². The lowest BCUT2D eigenvalue weighted by Gasteiger charge is -2.07. The molecule has 1 aromatic carbocycles. The summed E-state index contributed by atoms with van der Waals surface area (Å²) in [6.45, 7) is 0. The van der Waals surface area contributed by atoms with Crippen molar-refractivity contribution in [2.24, 2.45) is 0 Å². The van der Waals surface area contributed by atoms with Crippen molar-refractivity contribution in [3.63, 3.8) is 0 Å². The fraction of sp³-hybridized carbons (Fsp3) is 0.0769. The SMILES string of the molecule is CNC(=O)Nc1ccc(NC(=O)c2ccc(=O)[nH]n2)cc1. The molecule has 0 spiro atoms. The topological polar surface area (TPSA) is 116 Å². The molecule has 21 heavy (non-hydrogen) atoms. The predicted octanol–water partition coefficient (Wildman–Crippen LogP) is 0.773. The van der Waals surface area contributed by atoms with Gasteiger partial charge in [0.15, 0.2) is 0 Å². The summed E-state index contributed by atoms with van der Waals surface area (Å²) in [7, 11) is 1.51. The molecule has 0 radical (unpaired) electrons. The van der Waals surface area contributed by atoms with Crippen molar-refractivity contribution in [2.45, 2.75) is 0 Å². The maximum atomic E-state index is 11.9. The number of aromatic amines is 1. The van der Waals surface area contributed by atoms with Crippen LogP contribution in [0.5, 0.6) is 0 Å². The second-order valence-corrected chi connectivity index (χ2v) is 4.04. The second-order valence-electron chi connectivity index (χ2n) is 4.04. The molecule has 2 aromatic rings. The smallest absolute Gasteiger partial charge is 0.318 e. The zero-order valence-electron chi connectivity index (χ0n) is 11.1. The minimum atomic E-state index is -0.446. The maximum absolute atomic E-state index is 11.9. The van der Waals surface area contributed by atoms with E-state index in [1.54, 1.807) is 24.3 Å². The van der Waals surface area contributed by atoms with Crippen LogP contribution in [0.15, 0.2) is 41.2 Å². The van der Waals surface area contributed by atoms with Crippen molar-refractivity contribution in [1.29, 1.82) is 0 Å². The van der Waals surface area contributed by atoms with Gasteiger partial charge in [0, 0.05) is 24.5 Å². The third kappa shape index (κ3) is 3.90. The van der Waals surface area contributed by atoms with Crippen molar-refractivity contribution < 1.29 is 9.59 Å². The van der Waals surface area contributed by atoms with E-state index in [1.807, 2.05) is 0 Å². The number of amides is 3. The van der Waals surface area contributed by atoms with E-state index in [9.17, 15) is 14.4 Å². The average Bonchev–Trinajstić information content (AvgIpc) is 2.49. The van der Waals surface area contributed by atoms with Gasteiger partial charge in [0.05, 0.1) is 0 Å². The molecule has 1 heterocycles. The number of aromatic nitrogens is 2. The van der Waals surface area contributed by atoms with Gasteiger partial charge in [-0.25, -0.2) is 9.89 Å². The first-order valence-corrected chi connectivity index (χ1v) is 6.04. The summed E-state index contributed by atoms with van der Waals surface area (Å²) in [6.07, 6.45) is 0. The summed E-state index contributed by atoms with van der Waals surface area (Å²) in [4.78, 5) is 33.8. The van der Waals surface area contributed by atoms with Gasteiger partial charge in [0.1, 0.15) is 5.69 Å². The van der Waals surface area contributed by atoms with Crippen LogP contribution in [-0.4, -0.2) is 29.2 Å². The Morgan fingerprint density at radius 1 is 1.00 bits per heavy atom. The Morgan fingerprint density at radius 2 is 1.62 bits per heavy atom. The van der Waals surface area contributed by atoms with Gasteiger partial charge >= 0.3 is 6.03 Å². The Bertz CT molecular complexity index is 688. The Morgan fingerprint density at radius 3 is 2.14 bits per heavy atom. The van der Waals surface area contributed by atoms with E-state index >= 15 is 0 Å². The molecule has 0 aliphatic heterocycles. The fourth-order valence-corrected chi connectivity index (χ4v) is 1.50. The number of hydrogen-bond acceptors (Lipinski definition) is 4. The van der Waals surface area contributed by atoms with Crippen LogP contribution < -0.4 is 21.5 Å². The Kier molecular flexibility index (Phi) is 4.30. The van der Waals surface area contributed by atoms with Crippen LogP contribution in [0.3, 0.4) is 0 Å². The Hall–Kier alpha value is -3.16. The highest BCUT2D eigenvalue weighted by molar-refractivity contribution is 6.02. The molecule has 0 aliphatic carbocycles. The van der Waals surface area contributed by atoms with Gasteiger partial charge in [0.2, 0.25) is 0 Å². The molecule has 2 rings (SSSR count). The van der Waals surface area contributed by atoms with E-state index < -0.39 is 5.91 Å². The molecule has 0 fully saturated rings. The lowest BCUT2D eigenvalue weighted by molar-refractivity contribution is 0.102. The summed E-state index contributed by atoms with van der Waals surface area (Å²) in [5.74, 6) is -0.446. The summed E-state index contributed by atoms with van der Waals surface area (Å²) < 4.78 is 0. The summed E-state index contributed by atoms with van der Waals surface area (Å²) >= 11 is 0. The molecule has 4 N–H and O–H groups in total. The monoisotopic (exact) mass is 287 g/mol. The van der Waals surface area contributed by atoms with Crippen molar-refractivity contribution in [3.8, 4) is 0 Å². The number of rotatable bonds is 3. The lowest BCUT2D eigenvalue weighted by Crippen LogP contribution is -2.24. The number of H-pyrrole nitrogens is 1. The molecular formula is C13H13N5O3. The second kappa shape index (κ2) is 6.33. The molecule has 8 nitrogen and oxygen atoms in total. The summed E-state index contributed by atoms with van der Waals surface area (Å²) in [5.41, 5.74) is 0.850. The van der Waals surface area contributed by atoms with Crippen molar-refractivity contribution in [2.75, 3.05) is 17.7 Å². The van der Waals surface area contributed by atoms with Gasteiger partial charge in [-0.3, -0.25) is 9.59 Å². The molecular weight excluding hydrogens is 274 g/mol. The van der Waals surface area contributed by atoms with Gasteiger partial charge in [0.25, 0.3) is 11.5 Å². The van der Waals surface area contributed by atoms with Crippen LogP contribution in [0.25, 0.3) is 0 Å². The zero-order chi connectivity index (χ0) is 15.2. The number of carbonyl (C=O) groups is 2. The zero-order valence-corrected chi connectivity index (χ0v) is 11.1. The van der Waals surface area contributed by atoms with E-state index in [4.69, 9.17) is 0 Å². The highest BCUT2D eigenvalue weighted by Gasteiger charge is 2.07. The number of urea groups is 1. The van der Waals surface area contributed by atoms with Crippen molar-refractivity contribution in [3.05, 3.63) is 52.4 Å². The molecule has 8 heteroatoms. The quantitative estimate of drug-likeness (QED) is 0.667. The fourth-order valence-electron chi connectivity index (χ4n) is 1.50. The predicted molar refractivity (Wildman–Crippen MR) is 77.3 cm³/mol. The first-order valence-electron chi connectivity index (χ1n) is 6.04. The summed E-state index contributed by atoms with van der Waals surface area (Å²) in [5, 5.41) is 13.5. The van der Waals surface area contributed by atoms with E-state index in [-0.39, 0.29) is 17.3 Å². The lowest BCUT2D eigenvalue weighted by atomic mass is 10.2. The third-order valence-corrected chi connectivity index (χ3v) is 2.54. The van der Waals surface area contributed by atoms with Crippen LogP contribution in [0, 0.1) is 0 Å². The number of hydrogen-bond donors (Lipinski definition) is 4. The van der Waals surface area contributed by atoms with Gasteiger partial charge in [-0.15, -0.1) is 0 Å². The van der Waals surface area contributed by atoms with Crippen molar-refractivity contribution >= 4 is 23.3 Å². The molecule has 0 bridgehead atoms. The number of benzene rings is 1. The van der Waals surface area contributed by atoms with E-state index in [2.05, 4.69) is 26.1 Å². The van der Waals surface area contributed by atoms with E-state index in [1.165, 1.54) is 19.2 Å². The number of carbonyl (C=O) groups excluding carboxylic acids is 2. The third-order valence-electron chi connectivity index (χ3n) is 2.54. The number of anilines is 2. The van der Waals surface area contributed by atoms with E-state index in [0.717, 1.165) is 0 Å². The van der Waals surface area contributed by atoms with E-state index in [0.29, 0.717) is 11.4 Å². The van der Waals surface area contributed by atoms with Crippen LogP contribution in [0.4, 0.5) is 16.2 Å². The first kappa shape index (κ1) is 14.3. The minimum Gasteiger partial charge on any atom is -0.341 e. The average molecular weight is 287 g/mol. The highest BCUT2D eigenvalue weighted by atomic mass is 16.2. The summed E-state index contributed by atoms with van der Waals surface area (Å²) in [6, 6.07) is 8.78. The molecule has 3 amide bonds. The molecule has 0 saturated heterocycles. The van der Waals surface area contributed by atoms with Gasteiger partial charge in [-0.2, -0.15) is 5.10 Å². The standard InChI is InChI=1S/C13H13N5O3/c1-14-13(21)16-9-4-2-8(3-5-9)15-12(20)10-6-7-11(19)18-17-10/h2-7H,1H3,(H,15,20)(H,18,19)(H2,14,16,21).